The van der Waals surface area contributed by atoms with Crippen molar-refractivity contribution in [3.63, 3.8) is 0 Å². The molecule has 0 aliphatic carbocycles. The number of alkyl halides is 3. The molecular formula is C11H23F3N2O. The maximum atomic E-state index is 12.3. The molecule has 1 unspecified atom stereocenters. The zero-order valence-corrected chi connectivity index (χ0v) is 11.0. The van der Waals surface area contributed by atoms with Crippen molar-refractivity contribution in [1.82, 2.24) is 9.80 Å². The van der Waals surface area contributed by atoms with Gasteiger partial charge in [0.15, 0.2) is 6.10 Å². The van der Waals surface area contributed by atoms with Crippen LogP contribution in [0.3, 0.4) is 0 Å². The van der Waals surface area contributed by atoms with E-state index < -0.39 is 12.3 Å². The average molecular weight is 256 g/mol. The van der Waals surface area contributed by atoms with Crippen molar-refractivity contribution in [2.75, 3.05) is 40.3 Å². The molecule has 17 heavy (non-hydrogen) atoms. The number of halogens is 3. The number of nitrogens with zero attached hydrogens (tertiary/aromatic N) is 2. The van der Waals surface area contributed by atoms with Gasteiger partial charge in [-0.15, -0.1) is 0 Å². The van der Waals surface area contributed by atoms with Gasteiger partial charge >= 0.3 is 6.18 Å². The fourth-order valence-electron chi connectivity index (χ4n) is 1.46. The van der Waals surface area contributed by atoms with Crippen LogP contribution >= 0.6 is 0 Å². The molecule has 0 amide bonds. The normalized spacial score (nSPS) is 15.0. The molecule has 1 atom stereocenters. The molecule has 1 N–H and O–H groups in total. The van der Waals surface area contributed by atoms with Crippen LogP contribution in [0.1, 0.15) is 13.8 Å². The van der Waals surface area contributed by atoms with Crippen LogP contribution in [-0.2, 0) is 0 Å². The molecule has 0 heterocycles. The molecule has 0 saturated carbocycles. The summed E-state index contributed by atoms with van der Waals surface area (Å²) in [5.74, 6) is 0.276. The Labute approximate surface area is 101 Å². The van der Waals surface area contributed by atoms with Crippen LogP contribution < -0.4 is 0 Å². The Morgan fingerprint density at radius 2 is 1.59 bits per heavy atom. The van der Waals surface area contributed by atoms with Crippen molar-refractivity contribution in [2.24, 2.45) is 5.92 Å². The van der Waals surface area contributed by atoms with Crippen LogP contribution in [0.4, 0.5) is 13.2 Å². The van der Waals surface area contributed by atoms with E-state index >= 15 is 0 Å². The van der Waals surface area contributed by atoms with Crippen LogP contribution in [0.15, 0.2) is 0 Å². The monoisotopic (exact) mass is 256 g/mol. The molecule has 0 bridgehead atoms. The van der Waals surface area contributed by atoms with Crippen LogP contribution in [0.5, 0.6) is 0 Å². The van der Waals surface area contributed by atoms with Gasteiger partial charge in [0, 0.05) is 26.2 Å². The van der Waals surface area contributed by atoms with Gasteiger partial charge in [-0.3, -0.25) is 4.90 Å². The quantitative estimate of drug-likeness (QED) is 0.746. The summed E-state index contributed by atoms with van der Waals surface area (Å²) in [6.45, 7) is 5.30. The van der Waals surface area contributed by atoms with Crippen LogP contribution in [0.25, 0.3) is 0 Å². The van der Waals surface area contributed by atoms with E-state index in [0.29, 0.717) is 19.6 Å². The Hall–Kier alpha value is -0.330. The lowest BCUT2D eigenvalue weighted by Gasteiger charge is -2.28. The maximum absolute atomic E-state index is 12.3. The minimum Gasteiger partial charge on any atom is -0.382 e. The van der Waals surface area contributed by atoms with Crippen molar-refractivity contribution in [2.45, 2.75) is 26.1 Å². The zero-order valence-electron chi connectivity index (χ0n) is 11.0. The number of aliphatic hydroxyl groups is 1. The van der Waals surface area contributed by atoms with E-state index in [1.165, 1.54) is 0 Å². The van der Waals surface area contributed by atoms with Gasteiger partial charge in [-0.1, -0.05) is 13.8 Å². The molecule has 0 aromatic heterocycles. The third kappa shape index (κ3) is 8.40. The summed E-state index contributed by atoms with van der Waals surface area (Å²) in [5.41, 5.74) is 0. The molecule has 0 radical (unpaired) electrons. The van der Waals surface area contributed by atoms with Crippen molar-refractivity contribution >= 4 is 0 Å². The summed E-state index contributed by atoms with van der Waals surface area (Å²) >= 11 is 0. The smallest absolute Gasteiger partial charge is 0.382 e. The summed E-state index contributed by atoms with van der Waals surface area (Å²) in [5, 5.41) is 9.05. The molecule has 0 aromatic carbocycles. The SMILES string of the molecule is CC(C)CN(CCN(C)C)CC(O)C(F)(F)F. The molecule has 0 rings (SSSR count). The van der Waals surface area contributed by atoms with Gasteiger partial charge in [-0.05, 0) is 20.0 Å². The van der Waals surface area contributed by atoms with Crippen molar-refractivity contribution in [1.29, 1.82) is 0 Å². The lowest BCUT2D eigenvalue weighted by molar-refractivity contribution is -0.208. The highest BCUT2D eigenvalue weighted by Crippen LogP contribution is 2.20. The first-order chi connectivity index (χ1) is 7.62. The molecule has 0 aliphatic heterocycles. The fourth-order valence-corrected chi connectivity index (χ4v) is 1.46. The zero-order chi connectivity index (χ0) is 13.6. The first-order valence-corrected chi connectivity index (χ1v) is 5.74. The van der Waals surface area contributed by atoms with Gasteiger partial charge in [0.25, 0.3) is 0 Å². The summed E-state index contributed by atoms with van der Waals surface area (Å²) in [4.78, 5) is 3.57. The van der Waals surface area contributed by atoms with Crippen LogP contribution in [0.2, 0.25) is 0 Å². The number of aliphatic hydroxyl groups excluding tert-OH is 1. The predicted molar refractivity (Wildman–Crippen MR) is 61.9 cm³/mol. The lowest BCUT2D eigenvalue weighted by Crippen LogP contribution is -2.44. The van der Waals surface area contributed by atoms with Crippen LogP contribution in [-0.4, -0.2) is 67.5 Å². The highest BCUT2D eigenvalue weighted by molar-refractivity contribution is 4.72. The van der Waals surface area contributed by atoms with E-state index in [1.807, 2.05) is 32.8 Å². The maximum Gasteiger partial charge on any atom is 0.415 e. The van der Waals surface area contributed by atoms with Crippen molar-refractivity contribution < 1.29 is 18.3 Å². The van der Waals surface area contributed by atoms with Crippen molar-refractivity contribution in [3.8, 4) is 0 Å². The van der Waals surface area contributed by atoms with Gasteiger partial charge < -0.3 is 10.0 Å². The number of likely N-dealkylation sites (N-methyl/N-ethyl adjacent to an activating group) is 1. The third-order valence-corrected chi connectivity index (χ3v) is 2.30. The topological polar surface area (TPSA) is 26.7 Å². The Kier molecular flexibility index (Phi) is 7.04. The summed E-state index contributed by atoms with van der Waals surface area (Å²) in [7, 11) is 3.74. The van der Waals surface area contributed by atoms with Gasteiger partial charge in [0.05, 0.1) is 0 Å². The molecular weight excluding hydrogens is 233 g/mol. The highest BCUT2D eigenvalue weighted by Gasteiger charge is 2.39. The average Bonchev–Trinajstić information content (AvgIpc) is 2.11. The molecule has 6 heteroatoms. The first kappa shape index (κ1) is 16.7. The Morgan fingerprint density at radius 3 is 1.94 bits per heavy atom. The predicted octanol–water partition coefficient (Wildman–Crippen LogP) is 1.43. The second kappa shape index (κ2) is 7.18. The number of hydrogen-bond donors (Lipinski definition) is 1. The van der Waals surface area contributed by atoms with E-state index in [1.54, 1.807) is 4.90 Å². The lowest BCUT2D eigenvalue weighted by atomic mass is 10.2. The van der Waals surface area contributed by atoms with Gasteiger partial charge in [0.2, 0.25) is 0 Å². The third-order valence-electron chi connectivity index (χ3n) is 2.30. The van der Waals surface area contributed by atoms with E-state index in [0.717, 1.165) is 0 Å². The standard InChI is InChI=1S/C11H23F3N2O/c1-9(2)7-16(6-5-15(3)4)8-10(17)11(12,13)14/h9-10,17H,5-8H2,1-4H3. The highest BCUT2D eigenvalue weighted by atomic mass is 19.4. The Morgan fingerprint density at radius 1 is 1.06 bits per heavy atom. The molecule has 104 valence electrons. The summed E-state index contributed by atoms with van der Waals surface area (Å²) < 4.78 is 36.8. The van der Waals surface area contributed by atoms with E-state index in [4.69, 9.17) is 5.11 Å². The fraction of sp³-hybridized carbons (Fsp3) is 1.00. The molecule has 0 aliphatic rings. The minimum absolute atomic E-state index is 0.276. The molecule has 0 saturated heterocycles. The van der Waals surface area contributed by atoms with Gasteiger partial charge in [0.1, 0.15) is 0 Å². The van der Waals surface area contributed by atoms with E-state index in [-0.39, 0.29) is 12.5 Å². The minimum atomic E-state index is -4.53. The molecule has 3 nitrogen and oxygen atoms in total. The largest absolute Gasteiger partial charge is 0.415 e. The van der Waals surface area contributed by atoms with Crippen LogP contribution in [0, 0.1) is 5.92 Å². The Balaban J connectivity index is 4.27. The van der Waals surface area contributed by atoms with Gasteiger partial charge in [-0.25, -0.2) is 0 Å². The van der Waals surface area contributed by atoms with E-state index in [2.05, 4.69) is 0 Å². The first-order valence-electron chi connectivity index (χ1n) is 5.74. The Bertz CT molecular complexity index is 207. The number of rotatable bonds is 7. The van der Waals surface area contributed by atoms with Gasteiger partial charge in [-0.2, -0.15) is 13.2 Å². The second-order valence-corrected chi connectivity index (χ2v) is 5.01. The van der Waals surface area contributed by atoms with Crippen molar-refractivity contribution in [3.05, 3.63) is 0 Å². The summed E-state index contributed by atoms with van der Waals surface area (Å²) in [6.07, 6.45) is -6.80. The molecule has 0 aromatic rings. The second-order valence-electron chi connectivity index (χ2n) is 5.01. The summed E-state index contributed by atoms with van der Waals surface area (Å²) in [6, 6.07) is 0. The molecule has 0 fully saturated rings. The van der Waals surface area contributed by atoms with E-state index in [9.17, 15) is 13.2 Å². The molecule has 0 spiro atoms. The number of hydrogen-bond acceptors (Lipinski definition) is 3.